The Morgan fingerprint density at radius 2 is 2.04 bits per heavy atom. The summed E-state index contributed by atoms with van der Waals surface area (Å²) in [7, 11) is 1.78. The van der Waals surface area contributed by atoms with Crippen molar-refractivity contribution in [3.63, 3.8) is 0 Å². The lowest BCUT2D eigenvalue weighted by molar-refractivity contribution is 0.340. The fraction of sp³-hybridized carbons (Fsp3) is 0.474. The maximum Gasteiger partial charge on any atom is 0.191 e. The van der Waals surface area contributed by atoms with Crippen LogP contribution in [-0.2, 0) is 13.1 Å². The zero-order chi connectivity index (χ0) is 18.1. The van der Waals surface area contributed by atoms with E-state index < -0.39 is 0 Å². The van der Waals surface area contributed by atoms with Crippen molar-refractivity contribution in [1.29, 1.82) is 0 Å². The molecular formula is C19H30IN5O. The van der Waals surface area contributed by atoms with Gasteiger partial charge < -0.3 is 15.4 Å². The second-order valence-corrected chi connectivity index (χ2v) is 5.94. The molecular weight excluding hydrogens is 441 g/mol. The highest BCUT2D eigenvalue weighted by atomic mass is 127. The summed E-state index contributed by atoms with van der Waals surface area (Å²) in [6.45, 7) is 9.23. The third-order valence-corrected chi connectivity index (χ3v) is 3.84. The molecule has 0 fully saturated rings. The Labute approximate surface area is 173 Å². The van der Waals surface area contributed by atoms with E-state index in [1.165, 1.54) is 5.69 Å². The van der Waals surface area contributed by atoms with E-state index >= 15 is 0 Å². The van der Waals surface area contributed by atoms with Crippen LogP contribution in [0.2, 0.25) is 0 Å². The monoisotopic (exact) mass is 471 g/mol. The van der Waals surface area contributed by atoms with Crippen molar-refractivity contribution >= 4 is 29.9 Å². The molecule has 0 saturated heterocycles. The van der Waals surface area contributed by atoms with Crippen LogP contribution in [-0.4, -0.2) is 35.9 Å². The Balaban J connectivity index is 0.00000338. The van der Waals surface area contributed by atoms with Crippen LogP contribution in [0.25, 0.3) is 0 Å². The van der Waals surface area contributed by atoms with Crippen LogP contribution in [0, 0.1) is 13.8 Å². The quantitative estimate of drug-likeness (QED) is 0.269. The van der Waals surface area contributed by atoms with Crippen LogP contribution in [0.5, 0.6) is 5.75 Å². The molecule has 26 heavy (non-hydrogen) atoms. The molecule has 0 saturated carbocycles. The second-order valence-electron chi connectivity index (χ2n) is 5.94. The van der Waals surface area contributed by atoms with Crippen molar-refractivity contribution in [3.8, 4) is 5.75 Å². The molecule has 0 aliphatic rings. The lowest BCUT2D eigenvalue weighted by atomic mass is 10.2. The summed E-state index contributed by atoms with van der Waals surface area (Å²) in [5.41, 5.74) is 3.43. The largest absolute Gasteiger partial charge is 0.494 e. The van der Waals surface area contributed by atoms with E-state index in [1.807, 2.05) is 36.7 Å². The molecule has 0 aliphatic carbocycles. The van der Waals surface area contributed by atoms with Gasteiger partial charge in [-0.25, -0.2) is 0 Å². The first-order chi connectivity index (χ1) is 12.1. The number of nitrogens with zero attached hydrogens (tertiary/aromatic N) is 3. The van der Waals surface area contributed by atoms with Crippen molar-refractivity contribution in [2.24, 2.45) is 4.99 Å². The molecule has 0 unspecified atom stereocenters. The summed E-state index contributed by atoms with van der Waals surface area (Å²) >= 11 is 0. The zero-order valence-electron chi connectivity index (χ0n) is 16.1. The number of aliphatic imine (C=N–C) groups is 1. The minimum absolute atomic E-state index is 0. The maximum absolute atomic E-state index is 5.53. The average molecular weight is 471 g/mol. The molecule has 2 N–H and O–H groups in total. The van der Waals surface area contributed by atoms with Gasteiger partial charge in [-0.05, 0) is 51.0 Å². The Hall–Kier alpha value is -1.77. The first-order valence-electron chi connectivity index (χ1n) is 8.79. The number of hydrogen-bond acceptors (Lipinski definition) is 3. The standard InChI is InChI=1S/C19H29N5O.HI/c1-5-25-18-9-6-8-17(13-18)14-22-19(20-4)21-10-7-11-24-16(3)12-15(2)23-24;/h6,8-9,12-13H,5,7,10-11,14H2,1-4H3,(H2,20,21,22);1H. The van der Waals surface area contributed by atoms with Crippen LogP contribution < -0.4 is 15.4 Å². The lowest BCUT2D eigenvalue weighted by Gasteiger charge is -2.13. The number of aromatic nitrogens is 2. The van der Waals surface area contributed by atoms with E-state index in [9.17, 15) is 0 Å². The highest BCUT2D eigenvalue weighted by molar-refractivity contribution is 14.0. The van der Waals surface area contributed by atoms with Crippen molar-refractivity contribution in [2.75, 3.05) is 20.2 Å². The SMILES string of the molecule is CCOc1cccc(CNC(=NC)NCCCn2nc(C)cc2C)c1.I. The Kier molecular flexibility index (Phi) is 10.1. The van der Waals surface area contributed by atoms with E-state index in [2.05, 4.69) is 39.8 Å². The molecule has 0 aliphatic heterocycles. The predicted octanol–water partition coefficient (Wildman–Crippen LogP) is 3.27. The van der Waals surface area contributed by atoms with Gasteiger partial charge in [-0.3, -0.25) is 9.67 Å². The third-order valence-electron chi connectivity index (χ3n) is 3.84. The highest BCUT2D eigenvalue weighted by Gasteiger charge is 2.02. The van der Waals surface area contributed by atoms with E-state index in [0.717, 1.165) is 42.5 Å². The summed E-state index contributed by atoms with van der Waals surface area (Å²) in [6.07, 6.45) is 0.989. The molecule has 1 heterocycles. The van der Waals surface area contributed by atoms with Crippen LogP contribution in [0.1, 0.15) is 30.3 Å². The smallest absolute Gasteiger partial charge is 0.191 e. The number of benzene rings is 1. The van der Waals surface area contributed by atoms with Crippen molar-refractivity contribution < 1.29 is 4.74 Å². The molecule has 6 nitrogen and oxygen atoms in total. The summed E-state index contributed by atoms with van der Waals surface area (Å²) in [5, 5.41) is 11.2. The van der Waals surface area contributed by atoms with E-state index in [4.69, 9.17) is 4.74 Å². The number of halogens is 1. The number of hydrogen-bond donors (Lipinski definition) is 2. The fourth-order valence-corrected chi connectivity index (χ4v) is 2.66. The van der Waals surface area contributed by atoms with Gasteiger partial charge in [0.1, 0.15) is 5.75 Å². The summed E-state index contributed by atoms with van der Waals surface area (Å²) in [6, 6.07) is 10.2. The molecule has 2 aromatic rings. The summed E-state index contributed by atoms with van der Waals surface area (Å²) < 4.78 is 7.58. The fourth-order valence-electron chi connectivity index (χ4n) is 2.66. The van der Waals surface area contributed by atoms with E-state index in [-0.39, 0.29) is 24.0 Å². The Bertz CT molecular complexity index is 699. The van der Waals surface area contributed by atoms with Crippen molar-refractivity contribution in [3.05, 3.63) is 47.3 Å². The predicted molar refractivity (Wildman–Crippen MR) is 118 cm³/mol. The zero-order valence-corrected chi connectivity index (χ0v) is 18.4. The Morgan fingerprint density at radius 1 is 1.23 bits per heavy atom. The highest BCUT2D eigenvalue weighted by Crippen LogP contribution is 2.12. The van der Waals surface area contributed by atoms with Gasteiger partial charge in [0.2, 0.25) is 0 Å². The normalized spacial score (nSPS) is 11.0. The van der Waals surface area contributed by atoms with Gasteiger partial charge in [-0.2, -0.15) is 5.10 Å². The molecule has 0 atom stereocenters. The first-order valence-corrected chi connectivity index (χ1v) is 8.79. The van der Waals surface area contributed by atoms with Crippen LogP contribution in [0.3, 0.4) is 0 Å². The number of aryl methyl sites for hydroxylation is 3. The number of rotatable bonds is 8. The molecule has 2 rings (SSSR count). The minimum atomic E-state index is 0. The maximum atomic E-state index is 5.53. The molecule has 1 aromatic heterocycles. The molecule has 1 aromatic carbocycles. The van der Waals surface area contributed by atoms with Gasteiger partial charge in [0.15, 0.2) is 5.96 Å². The van der Waals surface area contributed by atoms with Crippen LogP contribution in [0.15, 0.2) is 35.3 Å². The third kappa shape index (κ3) is 7.23. The Morgan fingerprint density at radius 3 is 2.69 bits per heavy atom. The van der Waals surface area contributed by atoms with E-state index in [1.54, 1.807) is 7.05 Å². The van der Waals surface area contributed by atoms with E-state index in [0.29, 0.717) is 13.2 Å². The minimum Gasteiger partial charge on any atom is -0.494 e. The summed E-state index contributed by atoms with van der Waals surface area (Å²) in [5.74, 6) is 1.70. The second kappa shape index (κ2) is 11.8. The molecule has 0 bridgehead atoms. The van der Waals surface area contributed by atoms with Gasteiger partial charge in [-0.1, -0.05) is 12.1 Å². The molecule has 0 radical (unpaired) electrons. The van der Waals surface area contributed by atoms with Crippen LogP contribution in [0.4, 0.5) is 0 Å². The number of ether oxygens (including phenoxy) is 1. The van der Waals surface area contributed by atoms with Crippen molar-refractivity contribution in [1.82, 2.24) is 20.4 Å². The topological polar surface area (TPSA) is 63.5 Å². The first kappa shape index (κ1) is 22.3. The van der Waals surface area contributed by atoms with Gasteiger partial charge in [-0.15, -0.1) is 24.0 Å². The molecule has 0 spiro atoms. The van der Waals surface area contributed by atoms with Crippen molar-refractivity contribution in [2.45, 2.75) is 40.3 Å². The molecule has 7 heteroatoms. The number of nitrogens with one attached hydrogen (secondary N) is 2. The van der Waals surface area contributed by atoms with Crippen LogP contribution >= 0.6 is 24.0 Å². The van der Waals surface area contributed by atoms with Gasteiger partial charge in [0.25, 0.3) is 0 Å². The van der Waals surface area contributed by atoms with Gasteiger partial charge in [0, 0.05) is 32.4 Å². The average Bonchev–Trinajstić information content (AvgIpc) is 2.92. The number of guanidine groups is 1. The lowest BCUT2D eigenvalue weighted by Crippen LogP contribution is -2.37. The molecule has 0 amide bonds. The van der Waals surface area contributed by atoms with Gasteiger partial charge >= 0.3 is 0 Å². The summed E-state index contributed by atoms with van der Waals surface area (Å²) in [4.78, 5) is 4.27. The van der Waals surface area contributed by atoms with Gasteiger partial charge in [0.05, 0.1) is 12.3 Å². The molecule has 144 valence electrons.